The molecule has 8 saturated carbocycles. The quantitative estimate of drug-likeness (QED) is 0.542. The van der Waals surface area contributed by atoms with Gasteiger partial charge in [0.05, 0.1) is 5.56 Å². The van der Waals surface area contributed by atoms with Gasteiger partial charge in [-0.15, -0.1) is 0 Å². The Hall–Kier alpha value is -1.91. The van der Waals surface area contributed by atoms with Crippen LogP contribution in [0, 0.1) is 33.5 Å². The maximum Gasteiger partial charge on any atom is 0.270 e. The minimum absolute atomic E-state index is 0.0365. The molecule has 4 atom stereocenters. The Kier molecular flexibility index (Phi) is 4.47. The van der Waals surface area contributed by atoms with Gasteiger partial charge in [-0.25, -0.2) is 0 Å². The van der Waals surface area contributed by atoms with Gasteiger partial charge in [0.1, 0.15) is 5.69 Å². The normalized spacial score (nSPS) is 49.8. The van der Waals surface area contributed by atoms with E-state index in [1.165, 1.54) is 38.5 Å². The smallest absolute Gasteiger partial charge is 0.270 e. The van der Waals surface area contributed by atoms with Gasteiger partial charge in [0, 0.05) is 17.3 Å². The molecule has 194 valence electrons. The molecule has 8 aliphatic carbocycles. The third kappa shape index (κ3) is 3.66. The third-order valence-electron chi connectivity index (χ3n) is 11.3. The number of hydrogen-bond acceptors (Lipinski definition) is 3. The van der Waals surface area contributed by atoms with Gasteiger partial charge in [0.2, 0.25) is 0 Å². The Morgan fingerprint density at radius 2 is 1.11 bits per heavy atom. The van der Waals surface area contributed by atoms with Crippen LogP contribution in [0.1, 0.15) is 126 Å². The molecule has 8 bridgehead atoms. The van der Waals surface area contributed by atoms with Crippen LogP contribution in [-0.4, -0.2) is 27.9 Å². The molecule has 2 N–H and O–H groups in total. The lowest BCUT2D eigenvalue weighted by Gasteiger charge is -2.65. The molecule has 1 aromatic heterocycles. The standard InChI is InChI=1S/C31H43N3O2/c1-26-7-20-8-27(2,14-26)17-30(11-20,16-26)33-24(35)22-5-6-23(32-13-22)25(36)34-31-12-21-9-28(3,18-31)15-29(4,10-21)19-31/h5-6,13,20-21H,7-12,14-19H2,1-4H3,(H,33,35)(H,34,36). The first-order valence-electron chi connectivity index (χ1n) is 14.4. The van der Waals surface area contributed by atoms with Crippen LogP contribution >= 0.6 is 0 Å². The molecule has 0 spiro atoms. The molecule has 9 rings (SSSR count). The average molecular weight is 490 g/mol. The van der Waals surface area contributed by atoms with Crippen molar-refractivity contribution < 1.29 is 9.59 Å². The first-order valence-corrected chi connectivity index (χ1v) is 14.4. The van der Waals surface area contributed by atoms with E-state index in [1.54, 1.807) is 18.3 Å². The van der Waals surface area contributed by atoms with Crippen LogP contribution in [0.15, 0.2) is 18.3 Å². The summed E-state index contributed by atoms with van der Waals surface area (Å²) < 4.78 is 0. The van der Waals surface area contributed by atoms with Crippen LogP contribution in [-0.2, 0) is 0 Å². The van der Waals surface area contributed by atoms with Gasteiger partial charge in [0.25, 0.3) is 11.8 Å². The Morgan fingerprint density at radius 3 is 1.50 bits per heavy atom. The van der Waals surface area contributed by atoms with E-state index < -0.39 is 0 Å². The molecule has 0 aromatic carbocycles. The van der Waals surface area contributed by atoms with Crippen molar-refractivity contribution in [3.8, 4) is 0 Å². The molecule has 2 amide bonds. The summed E-state index contributed by atoms with van der Waals surface area (Å²) in [4.78, 5) is 31.1. The molecular formula is C31H43N3O2. The summed E-state index contributed by atoms with van der Waals surface area (Å²) in [7, 11) is 0. The number of rotatable bonds is 4. The van der Waals surface area contributed by atoms with Crippen LogP contribution in [0.5, 0.6) is 0 Å². The molecule has 5 nitrogen and oxygen atoms in total. The number of pyridine rings is 1. The van der Waals surface area contributed by atoms with E-state index in [9.17, 15) is 9.59 Å². The van der Waals surface area contributed by atoms with Gasteiger partial charge in [-0.3, -0.25) is 14.6 Å². The van der Waals surface area contributed by atoms with E-state index in [4.69, 9.17) is 0 Å². The summed E-state index contributed by atoms with van der Waals surface area (Å²) >= 11 is 0. The minimum Gasteiger partial charge on any atom is -0.347 e. The lowest BCUT2D eigenvalue weighted by atomic mass is 9.42. The zero-order chi connectivity index (χ0) is 25.2. The molecule has 1 heterocycles. The zero-order valence-electron chi connectivity index (χ0n) is 22.6. The Morgan fingerprint density at radius 1 is 0.667 bits per heavy atom. The van der Waals surface area contributed by atoms with Gasteiger partial charge in [0.15, 0.2) is 0 Å². The number of amides is 2. The highest BCUT2D eigenvalue weighted by Crippen LogP contribution is 2.67. The fourth-order valence-electron chi connectivity index (χ4n) is 12.5. The van der Waals surface area contributed by atoms with E-state index in [2.05, 4.69) is 43.3 Å². The second kappa shape index (κ2) is 6.94. The van der Waals surface area contributed by atoms with Gasteiger partial charge in [-0.2, -0.15) is 0 Å². The highest BCUT2D eigenvalue weighted by Gasteiger charge is 2.61. The predicted molar refractivity (Wildman–Crippen MR) is 139 cm³/mol. The van der Waals surface area contributed by atoms with Gasteiger partial charge in [-0.1, -0.05) is 27.7 Å². The number of carbonyl (C=O) groups is 2. The minimum atomic E-state index is -0.0948. The number of nitrogens with one attached hydrogen (secondary N) is 2. The SMILES string of the molecule is CC12CC3CC(C)(C1)CC(NC(=O)c1ccc(C(=O)NC45CC6CC(C)(CC(C)(C6)C4)C5)nc1)(C3)C2. The Balaban J connectivity index is 1.05. The monoisotopic (exact) mass is 489 g/mol. The summed E-state index contributed by atoms with van der Waals surface area (Å²) in [5.74, 6) is 1.34. The lowest BCUT2D eigenvalue weighted by molar-refractivity contribution is -0.114. The van der Waals surface area contributed by atoms with Gasteiger partial charge >= 0.3 is 0 Å². The molecule has 1 aromatic rings. The molecule has 0 radical (unpaired) electrons. The summed E-state index contributed by atoms with van der Waals surface area (Å²) in [5, 5.41) is 6.92. The van der Waals surface area contributed by atoms with Crippen LogP contribution in [0.2, 0.25) is 0 Å². The zero-order valence-corrected chi connectivity index (χ0v) is 22.6. The number of hydrogen-bond donors (Lipinski definition) is 2. The van der Waals surface area contributed by atoms with Crippen LogP contribution < -0.4 is 10.6 Å². The summed E-state index contributed by atoms with van der Waals surface area (Å²) in [5.41, 5.74) is 2.22. The largest absolute Gasteiger partial charge is 0.347 e. The summed E-state index contributed by atoms with van der Waals surface area (Å²) in [6.45, 7) is 9.70. The summed E-state index contributed by atoms with van der Waals surface area (Å²) in [6.07, 6.45) is 16.0. The maximum absolute atomic E-state index is 13.3. The maximum atomic E-state index is 13.3. The molecular weight excluding hydrogens is 446 g/mol. The highest BCUT2D eigenvalue weighted by atomic mass is 16.2. The number of carbonyl (C=O) groups excluding carboxylic acids is 2. The second-order valence-electron chi connectivity index (χ2n) is 16.2. The summed E-state index contributed by atoms with van der Waals surface area (Å²) in [6, 6.07) is 3.54. The van der Waals surface area contributed by atoms with Crippen molar-refractivity contribution in [3.05, 3.63) is 29.6 Å². The third-order valence-corrected chi connectivity index (χ3v) is 11.3. The van der Waals surface area contributed by atoms with Crippen LogP contribution in [0.4, 0.5) is 0 Å². The Bertz CT molecular complexity index is 1020. The van der Waals surface area contributed by atoms with Crippen molar-refractivity contribution in [2.45, 2.75) is 116 Å². The topological polar surface area (TPSA) is 71.1 Å². The molecule has 0 aliphatic heterocycles. The molecule has 36 heavy (non-hydrogen) atoms. The highest BCUT2D eigenvalue weighted by molar-refractivity contribution is 5.96. The van der Waals surface area contributed by atoms with Crippen molar-refractivity contribution >= 4 is 11.8 Å². The van der Waals surface area contributed by atoms with E-state index >= 15 is 0 Å². The molecule has 4 unspecified atom stereocenters. The molecule has 0 saturated heterocycles. The number of aromatic nitrogens is 1. The predicted octanol–water partition coefficient (Wildman–Crippen LogP) is 6.04. The van der Waals surface area contributed by atoms with Crippen molar-refractivity contribution in [3.63, 3.8) is 0 Å². The van der Waals surface area contributed by atoms with Crippen LogP contribution in [0.3, 0.4) is 0 Å². The molecule has 8 fully saturated rings. The number of nitrogens with zero attached hydrogens (tertiary/aromatic N) is 1. The van der Waals surface area contributed by atoms with Crippen molar-refractivity contribution in [2.75, 3.05) is 0 Å². The van der Waals surface area contributed by atoms with Gasteiger partial charge in [-0.05, 0) is 123 Å². The molecule has 8 aliphatic rings. The van der Waals surface area contributed by atoms with Gasteiger partial charge < -0.3 is 10.6 Å². The fourth-order valence-corrected chi connectivity index (χ4v) is 12.5. The van der Waals surface area contributed by atoms with Crippen molar-refractivity contribution in [2.24, 2.45) is 33.5 Å². The van der Waals surface area contributed by atoms with E-state index in [1.807, 2.05) is 0 Å². The lowest BCUT2D eigenvalue weighted by Crippen LogP contribution is -2.65. The van der Waals surface area contributed by atoms with Crippen LogP contribution in [0.25, 0.3) is 0 Å². The van der Waals surface area contributed by atoms with Crippen molar-refractivity contribution in [1.29, 1.82) is 0 Å². The Labute approximate surface area is 216 Å². The average Bonchev–Trinajstić information content (AvgIpc) is 2.67. The van der Waals surface area contributed by atoms with Crippen molar-refractivity contribution in [1.82, 2.24) is 15.6 Å². The van der Waals surface area contributed by atoms with E-state index in [-0.39, 0.29) is 22.9 Å². The van der Waals surface area contributed by atoms with E-state index in [0.29, 0.717) is 32.9 Å². The first-order chi connectivity index (χ1) is 16.8. The fraction of sp³-hybridized carbons (Fsp3) is 0.774. The van der Waals surface area contributed by atoms with E-state index in [0.717, 1.165) is 50.4 Å². The first kappa shape index (κ1) is 23.2. The molecule has 5 heteroatoms. The second-order valence-corrected chi connectivity index (χ2v) is 16.2.